The second-order valence-corrected chi connectivity index (χ2v) is 5.29. The molecule has 3 nitrogen and oxygen atoms in total. The summed E-state index contributed by atoms with van der Waals surface area (Å²) in [6.45, 7) is 7.61. The molecule has 0 aliphatic carbocycles. The summed E-state index contributed by atoms with van der Waals surface area (Å²) in [4.78, 5) is 0. The number of rotatable bonds is 5. The van der Waals surface area contributed by atoms with Crippen molar-refractivity contribution in [2.75, 3.05) is 11.9 Å². The number of ether oxygens (including phenoxy) is 1. The van der Waals surface area contributed by atoms with Gasteiger partial charge in [0.25, 0.3) is 0 Å². The van der Waals surface area contributed by atoms with E-state index >= 15 is 0 Å². The van der Waals surface area contributed by atoms with Gasteiger partial charge in [-0.15, -0.1) is 0 Å². The minimum absolute atomic E-state index is 0.620. The van der Waals surface area contributed by atoms with E-state index in [9.17, 15) is 0 Å². The lowest BCUT2D eigenvalue weighted by Gasteiger charge is -2.10. The Bertz CT molecular complexity index is 605. The summed E-state index contributed by atoms with van der Waals surface area (Å²) in [5.74, 6) is 0.728. The van der Waals surface area contributed by atoms with E-state index in [1.807, 2.05) is 25.1 Å². The predicted molar refractivity (Wildman–Crippen MR) is 84.8 cm³/mol. The van der Waals surface area contributed by atoms with Gasteiger partial charge in [-0.2, -0.15) is 0 Å². The number of hydrogen-bond acceptors (Lipinski definition) is 2. The lowest BCUT2D eigenvalue weighted by molar-refractivity contribution is 0.340. The van der Waals surface area contributed by atoms with Crippen LogP contribution < -0.4 is 10.1 Å². The Morgan fingerprint density at radius 1 is 1.25 bits per heavy atom. The molecule has 0 fully saturated rings. The van der Waals surface area contributed by atoms with E-state index in [1.54, 1.807) is 0 Å². The number of benzene rings is 1. The maximum absolute atomic E-state index is 6.18. The Labute approximate surface area is 125 Å². The zero-order valence-corrected chi connectivity index (χ0v) is 13.2. The van der Waals surface area contributed by atoms with Gasteiger partial charge in [0.2, 0.25) is 0 Å². The maximum atomic E-state index is 6.18. The summed E-state index contributed by atoms with van der Waals surface area (Å²) in [5.41, 5.74) is 4.85. The highest BCUT2D eigenvalue weighted by atomic mass is 35.5. The van der Waals surface area contributed by atoms with Crippen molar-refractivity contribution in [3.63, 3.8) is 0 Å². The monoisotopic (exact) mass is 292 g/mol. The molecular formula is C16H21ClN2O. The van der Waals surface area contributed by atoms with Crippen molar-refractivity contribution in [3.05, 3.63) is 46.2 Å². The van der Waals surface area contributed by atoms with Crippen LogP contribution in [0.1, 0.15) is 23.9 Å². The van der Waals surface area contributed by atoms with Gasteiger partial charge in [0.1, 0.15) is 5.75 Å². The fourth-order valence-electron chi connectivity index (χ4n) is 2.19. The lowest BCUT2D eigenvalue weighted by atomic mass is 10.2. The van der Waals surface area contributed by atoms with Gasteiger partial charge in [-0.3, -0.25) is 0 Å². The van der Waals surface area contributed by atoms with Crippen molar-refractivity contribution in [1.29, 1.82) is 0 Å². The average molecular weight is 293 g/mol. The van der Waals surface area contributed by atoms with Crippen molar-refractivity contribution >= 4 is 17.3 Å². The van der Waals surface area contributed by atoms with Crippen LogP contribution in [-0.2, 0) is 13.6 Å². The van der Waals surface area contributed by atoms with Crippen molar-refractivity contribution in [2.24, 2.45) is 7.05 Å². The minimum Gasteiger partial charge on any atom is -0.492 e. The molecule has 1 heterocycles. The number of hydrogen-bond donors (Lipinski definition) is 1. The first-order valence-corrected chi connectivity index (χ1v) is 7.18. The molecular weight excluding hydrogens is 272 g/mol. The topological polar surface area (TPSA) is 26.2 Å². The molecule has 0 spiro atoms. The van der Waals surface area contributed by atoms with Gasteiger partial charge in [0.15, 0.2) is 0 Å². The van der Waals surface area contributed by atoms with Crippen LogP contribution in [0.15, 0.2) is 24.3 Å². The first-order valence-electron chi connectivity index (χ1n) is 6.81. The quantitative estimate of drug-likeness (QED) is 0.889. The molecule has 1 aromatic heterocycles. The first kappa shape index (κ1) is 14.8. The number of aryl methyl sites for hydroxylation is 1. The van der Waals surface area contributed by atoms with Gasteiger partial charge in [-0.1, -0.05) is 11.6 Å². The largest absolute Gasteiger partial charge is 0.492 e. The molecule has 0 unspecified atom stereocenters. The highest BCUT2D eigenvalue weighted by molar-refractivity contribution is 6.32. The molecule has 1 aromatic carbocycles. The number of aromatic nitrogens is 1. The lowest BCUT2D eigenvalue weighted by Crippen LogP contribution is -2.02. The standard InChI is InChI=1S/C16H21ClN2O/c1-5-20-16-7-6-14(9-15(16)17)18-10-13-8-11(2)19(4)12(13)3/h6-9,18H,5,10H2,1-4H3. The minimum atomic E-state index is 0.620. The molecule has 0 atom stereocenters. The van der Waals surface area contributed by atoms with E-state index in [2.05, 4.69) is 36.8 Å². The van der Waals surface area contributed by atoms with Crippen molar-refractivity contribution < 1.29 is 4.74 Å². The van der Waals surface area contributed by atoms with Gasteiger partial charge in [0, 0.05) is 30.7 Å². The summed E-state index contributed by atoms with van der Waals surface area (Å²) in [6.07, 6.45) is 0. The second kappa shape index (κ2) is 6.23. The van der Waals surface area contributed by atoms with Crippen molar-refractivity contribution in [2.45, 2.75) is 27.3 Å². The Morgan fingerprint density at radius 3 is 2.55 bits per heavy atom. The first-order chi connectivity index (χ1) is 9.52. The van der Waals surface area contributed by atoms with Gasteiger partial charge in [0.05, 0.1) is 11.6 Å². The number of anilines is 1. The van der Waals surface area contributed by atoms with Crippen LogP contribution in [0.5, 0.6) is 5.75 Å². The van der Waals surface area contributed by atoms with E-state index in [0.29, 0.717) is 11.6 Å². The SMILES string of the molecule is CCOc1ccc(NCc2cc(C)n(C)c2C)cc1Cl. The van der Waals surface area contributed by atoms with Crippen LogP contribution in [-0.4, -0.2) is 11.2 Å². The number of halogens is 1. The predicted octanol–water partition coefficient (Wildman–Crippen LogP) is 4.31. The summed E-state index contributed by atoms with van der Waals surface area (Å²) in [7, 11) is 2.09. The maximum Gasteiger partial charge on any atom is 0.138 e. The fraction of sp³-hybridized carbons (Fsp3) is 0.375. The van der Waals surface area contributed by atoms with E-state index in [4.69, 9.17) is 16.3 Å². The summed E-state index contributed by atoms with van der Waals surface area (Å²) in [6, 6.07) is 8.00. The molecule has 2 rings (SSSR count). The van der Waals surface area contributed by atoms with Crippen LogP contribution in [0.2, 0.25) is 5.02 Å². The highest BCUT2D eigenvalue weighted by Crippen LogP contribution is 2.28. The third kappa shape index (κ3) is 3.10. The molecule has 20 heavy (non-hydrogen) atoms. The van der Waals surface area contributed by atoms with E-state index < -0.39 is 0 Å². The molecule has 1 N–H and O–H groups in total. The van der Waals surface area contributed by atoms with Gasteiger partial charge in [-0.05, 0) is 50.6 Å². The normalized spacial score (nSPS) is 10.7. The summed E-state index contributed by atoms with van der Waals surface area (Å²) in [5, 5.41) is 4.04. The molecule has 0 saturated heterocycles. The molecule has 2 aromatic rings. The smallest absolute Gasteiger partial charge is 0.138 e. The Kier molecular flexibility index (Phi) is 4.61. The molecule has 0 aliphatic rings. The molecule has 0 bridgehead atoms. The summed E-state index contributed by atoms with van der Waals surface area (Å²) < 4.78 is 7.63. The molecule has 0 amide bonds. The Morgan fingerprint density at radius 2 is 2.00 bits per heavy atom. The number of nitrogens with zero attached hydrogens (tertiary/aromatic N) is 1. The van der Waals surface area contributed by atoms with Gasteiger partial charge >= 0.3 is 0 Å². The summed E-state index contributed by atoms with van der Waals surface area (Å²) >= 11 is 6.18. The third-order valence-corrected chi connectivity index (χ3v) is 3.89. The molecule has 0 aliphatic heterocycles. The van der Waals surface area contributed by atoms with E-state index in [-0.39, 0.29) is 0 Å². The molecule has 0 saturated carbocycles. The van der Waals surface area contributed by atoms with Crippen LogP contribution in [0.3, 0.4) is 0 Å². The Balaban J connectivity index is 2.07. The Hall–Kier alpha value is -1.61. The second-order valence-electron chi connectivity index (χ2n) is 4.89. The highest BCUT2D eigenvalue weighted by Gasteiger charge is 2.07. The van der Waals surface area contributed by atoms with E-state index in [0.717, 1.165) is 18.0 Å². The van der Waals surface area contributed by atoms with Crippen molar-refractivity contribution in [3.8, 4) is 5.75 Å². The molecule has 4 heteroatoms. The third-order valence-electron chi connectivity index (χ3n) is 3.59. The van der Waals surface area contributed by atoms with Crippen LogP contribution in [0.25, 0.3) is 0 Å². The molecule has 0 radical (unpaired) electrons. The average Bonchev–Trinajstić information content (AvgIpc) is 2.67. The van der Waals surface area contributed by atoms with Gasteiger partial charge < -0.3 is 14.6 Å². The molecule has 108 valence electrons. The van der Waals surface area contributed by atoms with Crippen molar-refractivity contribution in [1.82, 2.24) is 4.57 Å². The zero-order valence-electron chi connectivity index (χ0n) is 12.5. The van der Waals surface area contributed by atoms with Crippen LogP contribution >= 0.6 is 11.6 Å². The number of nitrogens with one attached hydrogen (secondary N) is 1. The van der Waals surface area contributed by atoms with Crippen LogP contribution in [0, 0.1) is 13.8 Å². The van der Waals surface area contributed by atoms with Gasteiger partial charge in [-0.25, -0.2) is 0 Å². The van der Waals surface area contributed by atoms with Crippen LogP contribution in [0.4, 0.5) is 5.69 Å². The van der Waals surface area contributed by atoms with E-state index in [1.165, 1.54) is 17.0 Å². The zero-order chi connectivity index (χ0) is 14.7. The fourth-order valence-corrected chi connectivity index (χ4v) is 2.43.